The van der Waals surface area contributed by atoms with Crippen molar-refractivity contribution in [1.82, 2.24) is 4.98 Å². The quantitative estimate of drug-likeness (QED) is 0.644. The average Bonchev–Trinajstić information content (AvgIpc) is 2.76. The van der Waals surface area contributed by atoms with Gasteiger partial charge in [0, 0.05) is 12.5 Å². The lowest BCUT2D eigenvalue weighted by Gasteiger charge is -2.15. The van der Waals surface area contributed by atoms with Crippen LogP contribution in [0, 0.1) is 0 Å². The molecule has 2 atom stereocenters. The maximum absolute atomic E-state index is 12.7. The van der Waals surface area contributed by atoms with E-state index in [0.717, 1.165) is 0 Å². The van der Waals surface area contributed by atoms with Gasteiger partial charge in [-0.25, -0.2) is 18.6 Å². The number of cyclic esters (lactones) is 1. The second kappa shape index (κ2) is 6.37. The molecular formula is C13H14F4N2O3. The highest BCUT2D eigenvalue weighted by atomic mass is 19.3. The highest BCUT2D eigenvalue weighted by molar-refractivity contribution is 5.81. The topological polar surface area (TPSA) is 60.5 Å². The Bertz CT molecular complexity index is 525. The van der Waals surface area contributed by atoms with Crippen molar-refractivity contribution in [3.63, 3.8) is 0 Å². The zero-order valence-corrected chi connectivity index (χ0v) is 11.6. The first-order chi connectivity index (χ1) is 10.3. The summed E-state index contributed by atoms with van der Waals surface area (Å²) >= 11 is 0. The first kappa shape index (κ1) is 16.3. The Morgan fingerprint density at radius 2 is 2.23 bits per heavy atom. The van der Waals surface area contributed by atoms with Crippen LogP contribution in [0.1, 0.15) is 13.3 Å². The molecule has 0 spiro atoms. The zero-order valence-electron chi connectivity index (χ0n) is 11.6. The normalized spacial score (nSPS) is 21.8. The van der Waals surface area contributed by atoms with Gasteiger partial charge in [-0.1, -0.05) is 0 Å². The molecule has 1 aromatic heterocycles. The fourth-order valence-corrected chi connectivity index (χ4v) is 1.86. The van der Waals surface area contributed by atoms with Gasteiger partial charge in [-0.2, -0.15) is 8.78 Å². The van der Waals surface area contributed by atoms with Crippen molar-refractivity contribution in [2.75, 3.05) is 11.9 Å². The van der Waals surface area contributed by atoms with Gasteiger partial charge in [0.05, 0.1) is 11.9 Å². The average molecular weight is 322 g/mol. The van der Waals surface area contributed by atoms with Gasteiger partial charge in [-0.3, -0.25) is 0 Å². The van der Waals surface area contributed by atoms with E-state index in [4.69, 9.17) is 4.74 Å². The molecule has 2 rings (SSSR count). The molecule has 2 heterocycles. The smallest absolute Gasteiger partial charge is 0.340 e. The SMILES string of the molecule is CC1CC(Nc2ccc(OCC(F)(F)C(F)F)nc2)C(=O)O1. The zero-order chi connectivity index (χ0) is 16.3. The summed E-state index contributed by atoms with van der Waals surface area (Å²) in [6.07, 6.45) is -2.23. The summed E-state index contributed by atoms with van der Waals surface area (Å²) in [4.78, 5) is 15.2. The molecule has 1 aromatic rings. The van der Waals surface area contributed by atoms with E-state index in [1.165, 1.54) is 18.3 Å². The lowest BCUT2D eigenvalue weighted by molar-refractivity contribution is -0.148. The number of nitrogens with zero attached hydrogens (tertiary/aromatic N) is 1. The third-order valence-electron chi connectivity index (χ3n) is 2.98. The van der Waals surface area contributed by atoms with Crippen molar-refractivity contribution < 1.29 is 31.8 Å². The Kier molecular flexibility index (Phi) is 4.72. The van der Waals surface area contributed by atoms with Crippen LogP contribution in [-0.4, -0.2) is 42.1 Å². The molecule has 22 heavy (non-hydrogen) atoms. The van der Waals surface area contributed by atoms with Crippen LogP contribution in [0.25, 0.3) is 0 Å². The molecule has 5 nitrogen and oxygen atoms in total. The van der Waals surface area contributed by atoms with Crippen LogP contribution >= 0.6 is 0 Å². The molecule has 1 saturated heterocycles. The van der Waals surface area contributed by atoms with Crippen molar-refractivity contribution in [2.45, 2.75) is 37.8 Å². The molecule has 0 aromatic carbocycles. The van der Waals surface area contributed by atoms with Crippen molar-refractivity contribution in [2.24, 2.45) is 0 Å². The first-order valence-corrected chi connectivity index (χ1v) is 6.50. The Balaban J connectivity index is 1.89. The van der Waals surface area contributed by atoms with Crippen LogP contribution in [-0.2, 0) is 9.53 Å². The number of esters is 1. The number of hydrogen-bond donors (Lipinski definition) is 1. The number of hydrogen-bond acceptors (Lipinski definition) is 5. The summed E-state index contributed by atoms with van der Waals surface area (Å²) in [6.45, 7) is 0.300. The minimum Gasteiger partial charge on any atom is -0.471 e. The summed E-state index contributed by atoms with van der Waals surface area (Å²) in [5.74, 6) is -4.83. The van der Waals surface area contributed by atoms with Gasteiger partial charge in [0.25, 0.3) is 0 Å². The first-order valence-electron chi connectivity index (χ1n) is 6.50. The van der Waals surface area contributed by atoms with Crippen LogP contribution < -0.4 is 10.1 Å². The molecule has 0 radical (unpaired) electrons. The number of aromatic nitrogens is 1. The van der Waals surface area contributed by atoms with Gasteiger partial charge >= 0.3 is 18.3 Å². The number of pyridine rings is 1. The largest absolute Gasteiger partial charge is 0.471 e. The van der Waals surface area contributed by atoms with E-state index in [1.807, 2.05) is 0 Å². The van der Waals surface area contributed by atoms with E-state index in [0.29, 0.717) is 12.1 Å². The summed E-state index contributed by atoms with van der Waals surface area (Å²) in [5.41, 5.74) is 0.462. The van der Waals surface area contributed by atoms with E-state index >= 15 is 0 Å². The molecule has 9 heteroatoms. The van der Waals surface area contributed by atoms with E-state index in [-0.39, 0.29) is 18.0 Å². The molecule has 0 aliphatic carbocycles. The maximum atomic E-state index is 12.7. The molecular weight excluding hydrogens is 308 g/mol. The van der Waals surface area contributed by atoms with Crippen LogP contribution in [0.3, 0.4) is 0 Å². The van der Waals surface area contributed by atoms with Crippen LogP contribution in [0.4, 0.5) is 23.2 Å². The Morgan fingerprint density at radius 3 is 2.73 bits per heavy atom. The summed E-state index contributed by atoms with van der Waals surface area (Å²) < 4.78 is 58.8. The van der Waals surface area contributed by atoms with E-state index < -0.39 is 25.0 Å². The van der Waals surface area contributed by atoms with E-state index in [9.17, 15) is 22.4 Å². The molecule has 1 aliphatic heterocycles. The molecule has 1 fully saturated rings. The molecule has 122 valence electrons. The van der Waals surface area contributed by atoms with Crippen LogP contribution in [0.15, 0.2) is 18.3 Å². The van der Waals surface area contributed by atoms with Gasteiger partial charge in [0.1, 0.15) is 12.1 Å². The van der Waals surface area contributed by atoms with Gasteiger partial charge in [-0.15, -0.1) is 0 Å². The number of alkyl halides is 4. The van der Waals surface area contributed by atoms with E-state index in [1.54, 1.807) is 6.92 Å². The fraction of sp³-hybridized carbons (Fsp3) is 0.538. The molecule has 1 aliphatic rings. The summed E-state index contributed by atoms with van der Waals surface area (Å²) in [7, 11) is 0. The molecule has 1 N–H and O–H groups in total. The molecule has 2 unspecified atom stereocenters. The Labute approximate surface area is 123 Å². The molecule has 0 saturated carbocycles. The highest BCUT2D eigenvalue weighted by Crippen LogP contribution is 2.24. The predicted octanol–water partition coefficient (Wildman–Crippen LogP) is 2.48. The number of carbonyl (C=O) groups is 1. The monoisotopic (exact) mass is 322 g/mol. The number of anilines is 1. The minimum absolute atomic E-state index is 0.183. The summed E-state index contributed by atoms with van der Waals surface area (Å²) in [5, 5.41) is 2.88. The maximum Gasteiger partial charge on any atom is 0.340 e. The van der Waals surface area contributed by atoms with Crippen molar-refractivity contribution in [3.05, 3.63) is 18.3 Å². The van der Waals surface area contributed by atoms with Gasteiger partial charge in [-0.05, 0) is 13.0 Å². The Morgan fingerprint density at radius 1 is 1.50 bits per heavy atom. The number of carbonyl (C=O) groups excluding carboxylic acids is 1. The lowest BCUT2D eigenvalue weighted by atomic mass is 10.2. The molecule has 0 bridgehead atoms. The third kappa shape index (κ3) is 3.99. The second-order valence-corrected chi connectivity index (χ2v) is 4.92. The second-order valence-electron chi connectivity index (χ2n) is 4.92. The van der Waals surface area contributed by atoms with Crippen LogP contribution in [0.2, 0.25) is 0 Å². The lowest BCUT2D eigenvalue weighted by Crippen LogP contribution is -2.33. The highest BCUT2D eigenvalue weighted by Gasteiger charge is 2.41. The van der Waals surface area contributed by atoms with Crippen molar-refractivity contribution >= 4 is 11.7 Å². The Hall–Kier alpha value is -2.06. The van der Waals surface area contributed by atoms with Crippen LogP contribution in [0.5, 0.6) is 5.88 Å². The molecule has 0 amide bonds. The number of halogens is 4. The van der Waals surface area contributed by atoms with Crippen molar-refractivity contribution in [3.8, 4) is 5.88 Å². The summed E-state index contributed by atoms with van der Waals surface area (Å²) in [6, 6.07) is 2.18. The standard InChI is InChI=1S/C13H14F4N2O3/c1-7-4-9(11(20)22-7)19-8-2-3-10(18-5-8)21-6-13(16,17)12(14)15/h2-3,5,7,9,12,19H,4,6H2,1H3. The third-order valence-corrected chi connectivity index (χ3v) is 2.98. The van der Waals surface area contributed by atoms with Crippen molar-refractivity contribution in [1.29, 1.82) is 0 Å². The number of ether oxygens (including phenoxy) is 2. The minimum atomic E-state index is -4.23. The number of rotatable bonds is 6. The van der Waals surface area contributed by atoms with Gasteiger partial charge in [0.2, 0.25) is 5.88 Å². The van der Waals surface area contributed by atoms with Gasteiger partial charge in [0.15, 0.2) is 6.61 Å². The fourth-order valence-electron chi connectivity index (χ4n) is 1.86. The van der Waals surface area contributed by atoms with Gasteiger partial charge < -0.3 is 14.8 Å². The van der Waals surface area contributed by atoms with E-state index in [2.05, 4.69) is 15.0 Å². The predicted molar refractivity (Wildman–Crippen MR) is 68.3 cm³/mol. The number of nitrogens with one attached hydrogen (secondary N) is 1.